The first-order chi connectivity index (χ1) is 19.1. The van der Waals surface area contributed by atoms with E-state index in [1.54, 1.807) is 4.90 Å². The van der Waals surface area contributed by atoms with Crippen LogP contribution >= 0.6 is 0 Å². The number of hydrogen-bond donors (Lipinski definition) is 1. The molecule has 1 fully saturated rings. The second-order valence-corrected chi connectivity index (χ2v) is 9.66. The summed E-state index contributed by atoms with van der Waals surface area (Å²) < 4.78 is 85.8. The van der Waals surface area contributed by atoms with Crippen molar-refractivity contribution in [1.82, 2.24) is 15.0 Å². The summed E-state index contributed by atoms with van der Waals surface area (Å²) in [7, 11) is 0. The zero-order valence-corrected chi connectivity index (χ0v) is 21.5. The molecule has 214 valence electrons. The minimum absolute atomic E-state index is 0.111. The second kappa shape index (κ2) is 11.5. The fraction of sp³-hybridized carbons (Fsp3) is 0.444. The third-order valence-corrected chi connectivity index (χ3v) is 6.93. The molecule has 7 nitrogen and oxygen atoms in total. The van der Waals surface area contributed by atoms with Crippen molar-refractivity contribution in [2.24, 2.45) is 0 Å². The molecular formula is C27H28F6N6O. The molecule has 0 amide bonds. The Bertz CT molecular complexity index is 1310. The normalized spacial score (nSPS) is 17.1. The van der Waals surface area contributed by atoms with Gasteiger partial charge >= 0.3 is 12.4 Å². The highest BCUT2D eigenvalue weighted by Crippen LogP contribution is 2.36. The maximum Gasteiger partial charge on any atom is 0.419 e. The monoisotopic (exact) mass is 566 g/mol. The number of benzene rings is 1. The van der Waals surface area contributed by atoms with Crippen LogP contribution in [0.25, 0.3) is 0 Å². The van der Waals surface area contributed by atoms with Crippen LogP contribution in [0.4, 0.5) is 49.6 Å². The van der Waals surface area contributed by atoms with Gasteiger partial charge in [-0.15, -0.1) is 0 Å². The lowest BCUT2D eigenvalue weighted by atomic mass is 10.0. The number of nitrogens with one attached hydrogen (secondary N) is 1. The first-order valence-electron chi connectivity index (χ1n) is 13.0. The minimum atomic E-state index is -4.53. The molecule has 1 saturated heterocycles. The topological polar surface area (TPSA) is 66.4 Å². The lowest BCUT2D eigenvalue weighted by Crippen LogP contribution is -2.33. The smallest absolute Gasteiger partial charge is 0.380 e. The number of alkyl halides is 6. The van der Waals surface area contributed by atoms with E-state index in [2.05, 4.69) is 10.3 Å². The minimum Gasteiger partial charge on any atom is -0.380 e. The Labute approximate surface area is 227 Å². The number of ether oxygens (including phenoxy) is 1. The molecule has 0 radical (unpaired) electrons. The largest absolute Gasteiger partial charge is 0.419 e. The van der Waals surface area contributed by atoms with Crippen LogP contribution in [0.3, 0.4) is 0 Å². The van der Waals surface area contributed by atoms with Gasteiger partial charge < -0.3 is 19.9 Å². The molecule has 0 unspecified atom stereocenters. The summed E-state index contributed by atoms with van der Waals surface area (Å²) in [5.41, 5.74) is 0.374. The summed E-state index contributed by atoms with van der Waals surface area (Å²) in [6, 6.07) is 7.01. The van der Waals surface area contributed by atoms with Gasteiger partial charge in [0.05, 0.1) is 23.4 Å². The van der Waals surface area contributed by atoms with E-state index >= 15 is 0 Å². The molecule has 0 bridgehead atoms. The summed E-state index contributed by atoms with van der Waals surface area (Å²) in [6.45, 7) is 2.92. The van der Waals surface area contributed by atoms with Crippen LogP contribution in [-0.4, -0.2) is 54.3 Å². The summed E-state index contributed by atoms with van der Waals surface area (Å²) in [6.07, 6.45) is -5.55. The van der Waals surface area contributed by atoms with Crippen molar-refractivity contribution in [2.45, 2.75) is 38.0 Å². The van der Waals surface area contributed by atoms with Crippen LogP contribution in [0.1, 0.15) is 35.2 Å². The summed E-state index contributed by atoms with van der Waals surface area (Å²) in [5.74, 6) is 0.812. The van der Waals surface area contributed by atoms with E-state index in [0.717, 1.165) is 30.2 Å². The van der Waals surface area contributed by atoms with Crippen molar-refractivity contribution in [3.05, 3.63) is 65.0 Å². The van der Waals surface area contributed by atoms with Gasteiger partial charge in [0.2, 0.25) is 5.95 Å². The SMILES string of the molecule is FC(F)(F)c1ccc(Nc2nc(N3CCCOCC3)nc3c2CCCN(c2ncccc2C(F)(F)F)CC3)cc1. The van der Waals surface area contributed by atoms with Gasteiger partial charge in [-0.05, 0) is 55.7 Å². The number of rotatable bonds is 4. The van der Waals surface area contributed by atoms with Crippen molar-refractivity contribution in [3.8, 4) is 0 Å². The Hall–Kier alpha value is -3.61. The average molecular weight is 567 g/mol. The fourth-order valence-electron chi connectivity index (χ4n) is 4.94. The van der Waals surface area contributed by atoms with Gasteiger partial charge in [0.25, 0.3) is 0 Å². The Morgan fingerprint density at radius 2 is 1.55 bits per heavy atom. The zero-order chi connectivity index (χ0) is 28.3. The average Bonchev–Trinajstić information content (AvgIpc) is 3.19. The molecule has 0 spiro atoms. The molecule has 40 heavy (non-hydrogen) atoms. The van der Waals surface area contributed by atoms with Crippen molar-refractivity contribution < 1.29 is 31.1 Å². The van der Waals surface area contributed by atoms with Crippen LogP contribution in [0, 0.1) is 0 Å². The molecule has 5 rings (SSSR count). The van der Waals surface area contributed by atoms with Crippen LogP contribution in [0.15, 0.2) is 42.6 Å². The third kappa shape index (κ3) is 6.40. The first-order valence-corrected chi connectivity index (χ1v) is 13.0. The van der Waals surface area contributed by atoms with E-state index in [0.29, 0.717) is 75.3 Å². The Kier molecular flexibility index (Phi) is 8.02. The number of hydrogen-bond acceptors (Lipinski definition) is 7. The highest BCUT2D eigenvalue weighted by atomic mass is 19.4. The van der Waals surface area contributed by atoms with Gasteiger partial charge in [0, 0.05) is 56.7 Å². The van der Waals surface area contributed by atoms with Crippen molar-refractivity contribution in [1.29, 1.82) is 0 Å². The van der Waals surface area contributed by atoms with Gasteiger partial charge in [-0.25, -0.2) is 9.97 Å². The number of fused-ring (bicyclic) bond motifs is 1. The standard InChI is InChI=1S/C27H28F6N6O/c28-26(29,30)18-6-8-19(9-7-18)35-23-20-4-2-12-38(24-21(27(31,32)33)5-1-11-34-24)14-10-22(20)36-25(37-23)39-13-3-16-40-17-15-39/h1,5-9,11H,2-4,10,12-17H2,(H,35,36,37). The van der Waals surface area contributed by atoms with Crippen LogP contribution < -0.4 is 15.1 Å². The van der Waals surface area contributed by atoms with Crippen molar-refractivity contribution in [3.63, 3.8) is 0 Å². The molecule has 0 saturated carbocycles. The van der Waals surface area contributed by atoms with Gasteiger partial charge in [-0.1, -0.05) is 0 Å². The highest BCUT2D eigenvalue weighted by Gasteiger charge is 2.36. The van der Waals surface area contributed by atoms with Crippen LogP contribution in [0.2, 0.25) is 0 Å². The number of nitrogens with zero attached hydrogens (tertiary/aromatic N) is 5. The van der Waals surface area contributed by atoms with E-state index in [1.807, 2.05) is 4.90 Å². The number of anilines is 4. The molecular weight excluding hydrogens is 538 g/mol. The van der Waals surface area contributed by atoms with Gasteiger partial charge in [0.15, 0.2) is 0 Å². The zero-order valence-electron chi connectivity index (χ0n) is 21.5. The van der Waals surface area contributed by atoms with E-state index in [9.17, 15) is 26.3 Å². The van der Waals surface area contributed by atoms with Crippen LogP contribution in [0.5, 0.6) is 0 Å². The molecule has 0 aliphatic carbocycles. The molecule has 0 atom stereocenters. The predicted octanol–water partition coefficient (Wildman–Crippen LogP) is 5.87. The Morgan fingerprint density at radius 1 is 0.775 bits per heavy atom. The molecule has 2 aromatic heterocycles. The predicted molar refractivity (Wildman–Crippen MR) is 138 cm³/mol. The maximum absolute atomic E-state index is 13.7. The molecule has 1 N–H and O–H groups in total. The van der Waals surface area contributed by atoms with Gasteiger partial charge in [-0.3, -0.25) is 0 Å². The molecule has 1 aromatic carbocycles. The lowest BCUT2D eigenvalue weighted by Gasteiger charge is -2.30. The molecule has 13 heteroatoms. The van der Waals surface area contributed by atoms with Gasteiger partial charge in [-0.2, -0.15) is 31.3 Å². The lowest BCUT2D eigenvalue weighted by molar-refractivity contribution is -0.138. The van der Waals surface area contributed by atoms with Crippen molar-refractivity contribution >= 4 is 23.3 Å². The van der Waals surface area contributed by atoms with Crippen molar-refractivity contribution in [2.75, 3.05) is 54.5 Å². The summed E-state index contributed by atoms with van der Waals surface area (Å²) >= 11 is 0. The third-order valence-electron chi connectivity index (χ3n) is 6.93. The van der Waals surface area contributed by atoms with E-state index in [-0.39, 0.29) is 12.4 Å². The molecule has 4 heterocycles. The summed E-state index contributed by atoms with van der Waals surface area (Å²) in [4.78, 5) is 17.3. The Morgan fingerprint density at radius 3 is 2.30 bits per heavy atom. The van der Waals surface area contributed by atoms with Gasteiger partial charge in [0.1, 0.15) is 11.6 Å². The molecule has 2 aliphatic heterocycles. The number of halogens is 6. The quantitative estimate of drug-likeness (QED) is 0.396. The number of aromatic nitrogens is 3. The highest BCUT2D eigenvalue weighted by molar-refractivity contribution is 5.63. The number of pyridine rings is 1. The van der Waals surface area contributed by atoms with E-state index in [4.69, 9.17) is 14.7 Å². The summed E-state index contributed by atoms with van der Waals surface area (Å²) in [5, 5.41) is 3.17. The van der Waals surface area contributed by atoms with Crippen LogP contribution in [-0.2, 0) is 29.9 Å². The van der Waals surface area contributed by atoms with E-state index in [1.165, 1.54) is 24.4 Å². The fourth-order valence-corrected chi connectivity index (χ4v) is 4.94. The Balaban J connectivity index is 1.48. The second-order valence-electron chi connectivity index (χ2n) is 9.66. The molecule has 3 aromatic rings. The molecule has 2 aliphatic rings. The van der Waals surface area contributed by atoms with E-state index < -0.39 is 23.5 Å². The maximum atomic E-state index is 13.7. The first kappa shape index (κ1) is 27.9.